The van der Waals surface area contributed by atoms with Gasteiger partial charge < -0.3 is 4.74 Å². The zero-order valence-electron chi connectivity index (χ0n) is 6.83. The largest absolute Gasteiger partial charge is 0.464 e. The molecule has 3 N–H and O–H groups in total. The Hall–Kier alpha value is -1.40. The van der Waals surface area contributed by atoms with E-state index in [9.17, 15) is 4.79 Å². The number of hydrogen-bond acceptors (Lipinski definition) is 4. The van der Waals surface area contributed by atoms with Gasteiger partial charge in [0.1, 0.15) is 0 Å². The van der Waals surface area contributed by atoms with E-state index in [1.165, 1.54) is 25.8 Å². The molecule has 0 atom stereocenters. The molecule has 0 unspecified atom stereocenters. The molecule has 0 radical (unpaired) electrons. The van der Waals surface area contributed by atoms with Gasteiger partial charge >= 0.3 is 5.97 Å². The van der Waals surface area contributed by atoms with Crippen LogP contribution >= 0.6 is 0 Å². The summed E-state index contributed by atoms with van der Waals surface area (Å²) in [6.07, 6.45) is 0. The van der Waals surface area contributed by atoms with Crippen LogP contribution in [0.3, 0.4) is 0 Å². The van der Waals surface area contributed by atoms with Crippen molar-refractivity contribution < 1.29 is 19.8 Å². The second-order valence-corrected chi connectivity index (χ2v) is 2.05. The van der Waals surface area contributed by atoms with Gasteiger partial charge in [-0.25, -0.2) is 14.7 Å². The lowest BCUT2D eigenvalue weighted by molar-refractivity contribution is -0.832. The highest BCUT2D eigenvalue weighted by Gasteiger charge is 2.11. The number of carbonyl (C=O) groups is 1. The van der Waals surface area contributed by atoms with E-state index in [2.05, 4.69) is 14.9 Å². The van der Waals surface area contributed by atoms with Gasteiger partial charge in [-0.2, -0.15) is 10.6 Å². The Labute approximate surface area is 68.8 Å². The van der Waals surface area contributed by atoms with Crippen molar-refractivity contribution in [2.75, 3.05) is 14.2 Å². The number of carbonyl (C=O) groups excluding carboxylic acids is 1. The Kier molecular flexibility index (Phi) is 2.78. The second-order valence-electron chi connectivity index (χ2n) is 2.05. The highest BCUT2D eigenvalue weighted by molar-refractivity contribution is 5.87. The third-order valence-corrected chi connectivity index (χ3v) is 1.24. The minimum atomic E-state index is -0.470. The number of esters is 1. The van der Waals surface area contributed by atoms with Crippen LogP contribution in [0.1, 0.15) is 10.5 Å². The molecule has 0 aliphatic rings. The first-order valence-electron chi connectivity index (χ1n) is 3.27. The van der Waals surface area contributed by atoms with Crippen LogP contribution in [0, 0.1) is 0 Å². The fraction of sp³-hybridized carbons (Fsp3) is 0.333. The van der Waals surface area contributed by atoms with Crippen LogP contribution in [0.2, 0.25) is 0 Å². The Bertz CT molecular complexity index is 271. The van der Waals surface area contributed by atoms with E-state index in [0.717, 1.165) is 0 Å². The van der Waals surface area contributed by atoms with Crippen LogP contribution in [0.15, 0.2) is 6.07 Å². The molecule has 1 rings (SSSR count). The van der Waals surface area contributed by atoms with Crippen molar-refractivity contribution in [1.29, 1.82) is 0 Å². The number of aromatic amines is 1. The minimum Gasteiger partial charge on any atom is -0.464 e. The van der Waals surface area contributed by atoms with Crippen LogP contribution in [0.5, 0.6) is 0 Å². The van der Waals surface area contributed by atoms with Crippen molar-refractivity contribution in [2.45, 2.75) is 0 Å². The molecule has 0 spiro atoms. The second kappa shape index (κ2) is 3.84. The van der Waals surface area contributed by atoms with Crippen molar-refractivity contribution in [3.8, 4) is 0 Å². The number of nitrogens with one attached hydrogen (secondary N) is 1. The summed E-state index contributed by atoms with van der Waals surface area (Å²) in [5.74, 6) is 0.153. The van der Waals surface area contributed by atoms with E-state index in [0.29, 0.717) is 5.82 Å². The molecule has 6 heteroatoms. The first-order chi connectivity index (χ1) is 5.77. The van der Waals surface area contributed by atoms with Gasteiger partial charge in [0.25, 0.3) is 5.82 Å². The number of ether oxygens (including phenoxy) is 1. The minimum absolute atomic E-state index is 0.237. The van der Waals surface area contributed by atoms with Gasteiger partial charge in [-0.3, -0.25) is 0 Å². The van der Waals surface area contributed by atoms with Crippen molar-refractivity contribution in [3.63, 3.8) is 0 Å². The van der Waals surface area contributed by atoms with Crippen LogP contribution in [0.25, 0.3) is 0 Å². The highest BCUT2D eigenvalue weighted by Crippen LogP contribution is 1.99. The van der Waals surface area contributed by atoms with Crippen LogP contribution in [-0.4, -0.2) is 30.4 Å². The number of nitrogens with two attached hydrogens (primary N) is 1. The lowest BCUT2D eigenvalue weighted by atomic mass is 10.4. The molecular formula is C6H10N3O3+. The van der Waals surface area contributed by atoms with Crippen molar-refractivity contribution >= 4 is 11.8 Å². The Morgan fingerprint density at radius 3 is 3.00 bits per heavy atom. The van der Waals surface area contributed by atoms with Crippen LogP contribution in [-0.2, 0) is 9.57 Å². The summed E-state index contributed by atoms with van der Waals surface area (Å²) in [6, 6.07) is 1.54. The Morgan fingerprint density at radius 2 is 2.42 bits per heavy atom. The summed E-state index contributed by atoms with van der Waals surface area (Å²) < 4.78 is 4.45. The maximum Gasteiger partial charge on any atom is 0.358 e. The SMILES string of the molecule is CO[NH2+]c1cc(C(=O)OC)n[nH]1. The molecular weight excluding hydrogens is 162 g/mol. The van der Waals surface area contributed by atoms with E-state index in [-0.39, 0.29) is 5.69 Å². The first-order valence-corrected chi connectivity index (χ1v) is 3.27. The number of rotatable bonds is 3. The molecule has 66 valence electrons. The summed E-state index contributed by atoms with van der Waals surface area (Å²) in [4.78, 5) is 15.6. The number of nitrogens with zero attached hydrogens (tertiary/aromatic N) is 1. The molecule has 1 aromatic rings. The zero-order valence-corrected chi connectivity index (χ0v) is 6.83. The van der Waals surface area contributed by atoms with E-state index < -0.39 is 5.97 Å². The number of hydrogen-bond donors (Lipinski definition) is 2. The first kappa shape index (κ1) is 8.69. The quantitative estimate of drug-likeness (QED) is 0.450. The Morgan fingerprint density at radius 1 is 1.67 bits per heavy atom. The van der Waals surface area contributed by atoms with Crippen LogP contribution < -0.4 is 5.48 Å². The monoisotopic (exact) mass is 172 g/mol. The van der Waals surface area contributed by atoms with E-state index in [1.807, 2.05) is 0 Å². The third kappa shape index (κ3) is 1.80. The molecule has 0 saturated carbocycles. The van der Waals surface area contributed by atoms with Gasteiger partial charge in [-0.1, -0.05) is 0 Å². The summed E-state index contributed by atoms with van der Waals surface area (Å²) in [6.45, 7) is 0. The average Bonchev–Trinajstić information content (AvgIpc) is 2.52. The number of H-pyrrole nitrogens is 1. The maximum atomic E-state index is 10.9. The van der Waals surface area contributed by atoms with E-state index >= 15 is 0 Å². The standard InChI is InChI=1S/C6H9N3O3/c1-11-6(10)4-3-5(8-7-4)9-12-2/h3H,1-2H3,(H2,7,8,9)/p+1. The van der Waals surface area contributed by atoms with Gasteiger partial charge in [-0.05, 0) is 0 Å². The number of quaternary nitrogens is 1. The number of methoxy groups -OCH3 is 1. The Balaban J connectivity index is 2.70. The predicted molar refractivity (Wildman–Crippen MR) is 38.5 cm³/mol. The molecule has 6 nitrogen and oxygen atoms in total. The summed E-state index contributed by atoms with van der Waals surface area (Å²) >= 11 is 0. The van der Waals surface area contributed by atoms with Crippen molar-refractivity contribution in [3.05, 3.63) is 11.8 Å². The van der Waals surface area contributed by atoms with Crippen molar-refractivity contribution in [1.82, 2.24) is 10.2 Å². The normalized spacial score (nSPS) is 9.83. The lowest BCUT2D eigenvalue weighted by Gasteiger charge is -1.89. The molecule has 0 aliphatic carbocycles. The fourth-order valence-corrected chi connectivity index (χ4v) is 0.733. The van der Waals surface area contributed by atoms with Crippen LogP contribution in [0.4, 0.5) is 5.82 Å². The van der Waals surface area contributed by atoms with Crippen molar-refractivity contribution in [2.24, 2.45) is 0 Å². The van der Waals surface area contributed by atoms with Gasteiger partial charge in [0.05, 0.1) is 20.3 Å². The molecule has 0 aliphatic heterocycles. The van der Waals surface area contributed by atoms with Gasteiger partial charge in [-0.15, -0.1) is 0 Å². The van der Waals surface area contributed by atoms with Gasteiger partial charge in [0.15, 0.2) is 5.69 Å². The van der Waals surface area contributed by atoms with Gasteiger partial charge in [0, 0.05) is 0 Å². The predicted octanol–water partition coefficient (Wildman–Crippen LogP) is -1.05. The average molecular weight is 172 g/mol. The molecule has 0 aromatic carbocycles. The third-order valence-electron chi connectivity index (χ3n) is 1.24. The molecule has 12 heavy (non-hydrogen) atoms. The van der Waals surface area contributed by atoms with Gasteiger partial charge in [0.2, 0.25) is 0 Å². The van der Waals surface area contributed by atoms with E-state index in [1.54, 1.807) is 0 Å². The molecule has 0 saturated heterocycles. The molecule has 0 amide bonds. The summed E-state index contributed by atoms with van der Waals surface area (Å²) in [5.41, 5.74) is 1.68. The smallest absolute Gasteiger partial charge is 0.358 e. The topological polar surface area (TPSA) is 80.8 Å². The molecule has 0 fully saturated rings. The van der Waals surface area contributed by atoms with E-state index in [4.69, 9.17) is 4.84 Å². The zero-order chi connectivity index (χ0) is 8.97. The molecule has 1 aromatic heterocycles. The summed E-state index contributed by atoms with van der Waals surface area (Å²) in [7, 11) is 2.81. The molecule has 0 bridgehead atoms. The molecule has 1 heterocycles. The lowest BCUT2D eigenvalue weighted by Crippen LogP contribution is -2.76. The fourth-order valence-electron chi connectivity index (χ4n) is 0.733. The highest BCUT2D eigenvalue weighted by atomic mass is 16.6. The summed E-state index contributed by atoms with van der Waals surface area (Å²) in [5, 5.41) is 6.29. The maximum absolute atomic E-state index is 10.9. The number of aromatic nitrogens is 2.